The maximum atomic E-state index is 12.7. The van der Waals surface area contributed by atoms with Gasteiger partial charge >= 0.3 is 5.97 Å². The third-order valence-electron chi connectivity index (χ3n) is 7.97. The van der Waals surface area contributed by atoms with Gasteiger partial charge in [-0.1, -0.05) is 48.5 Å². The van der Waals surface area contributed by atoms with Crippen LogP contribution >= 0.6 is 0 Å². The minimum Gasteiger partial charge on any atom is -0.479 e. The number of carboxylic acid groups (broad SMARTS) is 1. The number of hydrogen-bond acceptors (Lipinski definition) is 5. The summed E-state index contributed by atoms with van der Waals surface area (Å²) in [5.74, 6) is -0.186. The van der Waals surface area contributed by atoms with E-state index in [0.29, 0.717) is 23.3 Å². The van der Waals surface area contributed by atoms with E-state index in [1.165, 1.54) is 6.42 Å². The van der Waals surface area contributed by atoms with Crippen LogP contribution in [0.3, 0.4) is 0 Å². The van der Waals surface area contributed by atoms with Gasteiger partial charge in [0.2, 0.25) is 0 Å². The summed E-state index contributed by atoms with van der Waals surface area (Å²) in [6, 6.07) is 21.4. The normalized spacial score (nSPS) is 19.9. The minimum atomic E-state index is -1.15. The highest BCUT2D eigenvalue weighted by Crippen LogP contribution is 2.44. The number of aliphatic carboxylic acids is 1. The Hall–Kier alpha value is -3.71. The van der Waals surface area contributed by atoms with E-state index < -0.39 is 17.7 Å². The van der Waals surface area contributed by atoms with Gasteiger partial charge in [0.05, 0.1) is 16.9 Å². The molecule has 0 spiro atoms. The minimum absolute atomic E-state index is 0.366. The Bertz CT molecular complexity index is 1510. The molecule has 2 bridgehead atoms. The number of anilines is 1. The molecule has 3 atom stereocenters. The van der Waals surface area contributed by atoms with Gasteiger partial charge in [0.1, 0.15) is 5.82 Å². The maximum absolute atomic E-state index is 12.7. The number of aromatic nitrogens is 3. The summed E-state index contributed by atoms with van der Waals surface area (Å²) in [7, 11) is 0. The fourth-order valence-corrected chi connectivity index (χ4v) is 6.35. The Morgan fingerprint density at radius 2 is 1.62 bits per heavy atom. The summed E-state index contributed by atoms with van der Waals surface area (Å²) < 4.78 is 8.07. The molecule has 2 aliphatic heterocycles. The molecule has 202 valence electrons. The highest BCUT2D eigenvalue weighted by atomic mass is 16.5. The molecule has 4 aromatic rings. The van der Waals surface area contributed by atoms with Gasteiger partial charge in [-0.15, -0.1) is 0 Å². The molecule has 39 heavy (non-hydrogen) atoms. The van der Waals surface area contributed by atoms with Crippen molar-refractivity contribution in [3.05, 3.63) is 71.9 Å². The summed E-state index contributed by atoms with van der Waals surface area (Å²) in [6.07, 6.45) is 4.47. The molecule has 0 radical (unpaired) electrons. The van der Waals surface area contributed by atoms with E-state index >= 15 is 0 Å². The van der Waals surface area contributed by atoms with Crippen LogP contribution in [0.25, 0.3) is 28.0 Å². The molecule has 2 fully saturated rings. The Morgan fingerprint density at radius 3 is 2.28 bits per heavy atom. The van der Waals surface area contributed by atoms with E-state index in [2.05, 4.69) is 41.3 Å². The lowest BCUT2D eigenvalue weighted by Crippen LogP contribution is -2.42. The van der Waals surface area contributed by atoms with Gasteiger partial charge in [0, 0.05) is 29.4 Å². The summed E-state index contributed by atoms with van der Waals surface area (Å²) in [5, 5.41) is 15.5. The van der Waals surface area contributed by atoms with Gasteiger partial charge < -0.3 is 14.7 Å². The first-order valence-corrected chi connectivity index (χ1v) is 13.9. The third kappa shape index (κ3) is 4.80. The highest BCUT2D eigenvalue weighted by Gasteiger charge is 2.42. The van der Waals surface area contributed by atoms with Gasteiger partial charge in [-0.3, -0.25) is 0 Å². The monoisotopic (exact) mass is 524 g/mol. The first-order chi connectivity index (χ1) is 18.7. The van der Waals surface area contributed by atoms with Crippen molar-refractivity contribution in [3.8, 4) is 22.4 Å². The molecule has 2 saturated heterocycles. The van der Waals surface area contributed by atoms with Crippen molar-refractivity contribution in [2.45, 2.75) is 83.6 Å². The molecule has 7 heteroatoms. The van der Waals surface area contributed by atoms with E-state index in [1.54, 1.807) is 0 Å². The van der Waals surface area contributed by atoms with Crippen molar-refractivity contribution >= 4 is 17.4 Å². The molecule has 2 aromatic carbocycles. The van der Waals surface area contributed by atoms with Crippen molar-refractivity contribution in [1.29, 1.82) is 0 Å². The third-order valence-corrected chi connectivity index (χ3v) is 7.97. The number of carboxylic acids is 1. The predicted octanol–water partition coefficient (Wildman–Crippen LogP) is 6.83. The Labute approximate surface area is 229 Å². The summed E-state index contributed by atoms with van der Waals surface area (Å²) >= 11 is 0. The second-order valence-electron chi connectivity index (χ2n) is 11.9. The summed E-state index contributed by atoms with van der Waals surface area (Å²) in [4.78, 5) is 20.0. The molecule has 0 amide bonds. The van der Waals surface area contributed by atoms with Crippen molar-refractivity contribution in [2.24, 2.45) is 0 Å². The molecule has 6 rings (SSSR count). The van der Waals surface area contributed by atoms with Crippen LogP contribution in [0.4, 0.5) is 5.82 Å². The molecule has 7 nitrogen and oxygen atoms in total. The van der Waals surface area contributed by atoms with Crippen molar-refractivity contribution in [2.75, 3.05) is 4.90 Å². The zero-order chi connectivity index (χ0) is 27.3. The van der Waals surface area contributed by atoms with Crippen LogP contribution in [0, 0.1) is 6.92 Å². The zero-order valence-electron chi connectivity index (χ0n) is 23.1. The Kier molecular flexibility index (Phi) is 6.42. The van der Waals surface area contributed by atoms with Crippen LogP contribution in [0.15, 0.2) is 60.7 Å². The average Bonchev–Trinajstić information content (AvgIpc) is 3.43. The van der Waals surface area contributed by atoms with Crippen molar-refractivity contribution < 1.29 is 14.6 Å². The molecule has 2 aromatic heterocycles. The van der Waals surface area contributed by atoms with Gasteiger partial charge in [-0.25, -0.2) is 9.78 Å². The lowest BCUT2D eigenvalue weighted by atomic mass is 9.99. The molecule has 0 saturated carbocycles. The summed E-state index contributed by atoms with van der Waals surface area (Å²) in [6.45, 7) is 7.57. The van der Waals surface area contributed by atoms with Crippen LogP contribution in [0.5, 0.6) is 0 Å². The van der Waals surface area contributed by atoms with E-state index in [9.17, 15) is 9.90 Å². The fraction of sp³-hybridized carbons (Fsp3) is 0.406. The number of aryl methyl sites for hydroxylation is 1. The van der Waals surface area contributed by atoms with Crippen LogP contribution in [0.1, 0.15) is 70.2 Å². The molecule has 1 N–H and O–H groups in total. The van der Waals surface area contributed by atoms with Gasteiger partial charge in [0.15, 0.2) is 11.8 Å². The van der Waals surface area contributed by atoms with Crippen molar-refractivity contribution in [3.63, 3.8) is 0 Å². The maximum Gasteiger partial charge on any atom is 0.337 e. The van der Waals surface area contributed by atoms with Crippen LogP contribution < -0.4 is 4.90 Å². The number of nitrogens with zero attached hydrogens (tertiary/aromatic N) is 4. The Morgan fingerprint density at radius 1 is 0.949 bits per heavy atom. The van der Waals surface area contributed by atoms with E-state index in [-0.39, 0.29) is 0 Å². The average molecular weight is 525 g/mol. The number of hydrogen-bond donors (Lipinski definition) is 1. The second-order valence-corrected chi connectivity index (χ2v) is 11.9. The smallest absolute Gasteiger partial charge is 0.337 e. The van der Waals surface area contributed by atoms with Crippen LogP contribution in [0.2, 0.25) is 0 Å². The van der Waals surface area contributed by atoms with E-state index in [4.69, 9.17) is 14.8 Å². The number of carbonyl (C=O) groups is 1. The van der Waals surface area contributed by atoms with Crippen molar-refractivity contribution in [1.82, 2.24) is 14.6 Å². The quantitative estimate of drug-likeness (QED) is 0.298. The standard InChI is InChI=1S/C32H36N4O3/c1-20-28(29(31(37)38)39-32(2,3)4)30(35-24-14-9-15-25(35)17-16-24)36-27(33-20)19-26(34-36)23-13-8-12-22(18-23)21-10-6-5-7-11-21/h5-8,10-13,18-19,24-25,29H,9,14-17H2,1-4H3,(H,37,38)/t24-,25+,29-/m0/s1. The first-order valence-electron chi connectivity index (χ1n) is 13.9. The lowest BCUT2D eigenvalue weighted by molar-refractivity contribution is -0.160. The molecule has 4 heterocycles. The first kappa shape index (κ1) is 25.6. The highest BCUT2D eigenvalue weighted by molar-refractivity contribution is 5.79. The number of benzene rings is 2. The number of rotatable bonds is 6. The largest absolute Gasteiger partial charge is 0.479 e. The molecule has 0 unspecified atom stereocenters. The molecular weight excluding hydrogens is 488 g/mol. The van der Waals surface area contributed by atoms with Gasteiger partial charge in [-0.05, 0) is 77.0 Å². The molecular formula is C32H36N4O3. The number of fused-ring (bicyclic) bond motifs is 3. The zero-order valence-corrected chi connectivity index (χ0v) is 23.1. The SMILES string of the molecule is Cc1nc2cc(-c3cccc(-c4ccccc4)c3)nn2c(N2[C@@H]3CCC[C@H]2CC3)c1[C@H](OC(C)(C)C)C(=O)O. The summed E-state index contributed by atoms with van der Waals surface area (Å²) in [5.41, 5.74) is 5.43. The fourth-order valence-electron chi connectivity index (χ4n) is 6.35. The van der Waals surface area contributed by atoms with Crippen LogP contribution in [-0.2, 0) is 9.53 Å². The topological polar surface area (TPSA) is 80.0 Å². The van der Waals surface area contributed by atoms with Crippen LogP contribution in [-0.4, -0.2) is 43.4 Å². The second kappa shape index (κ2) is 9.79. The predicted molar refractivity (Wildman–Crippen MR) is 153 cm³/mol. The van der Waals surface area contributed by atoms with Gasteiger partial charge in [-0.2, -0.15) is 9.61 Å². The van der Waals surface area contributed by atoms with E-state index in [1.807, 2.05) is 56.5 Å². The Balaban J connectivity index is 1.55. The van der Waals surface area contributed by atoms with E-state index in [0.717, 1.165) is 59.5 Å². The molecule has 2 aliphatic rings. The molecule has 0 aliphatic carbocycles. The van der Waals surface area contributed by atoms with Gasteiger partial charge in [0.25, 0.3) is 0 Å². The number of piperidine rings is 1. The lowest BCUT2D eigenvalue weighted by Gasteiger charge is -2.39. The number of ether oxygens (including phenoxy) is 1.